The van der Waals surface area contributed by atoms with Crippen molar-refractivity contribution in [2.24, 2.45) is 5.73 Å². The summed E-state index contributed by atoms with van der Waals surface area (Å²) < 4.78 is 12.6. The lowest BCUT2D eigenvalue weighted by Crippen LogP contribution is -2.04. The molecule has 6 nitrogen and oxygen atoms in total. The van der Waals surface area contributed by atoms with Gasteiger partial charge in [-0.1, -0.05) is 0 Å². The number of nitrogens with zero attached hydrogens (tertiary/aromatic N) is 3. The Balaban J connectivity index is 2.22. The molecule has 0 atom stereocenters. The number of imidazole rings is 1. The fourth-order valence-corrected chi connectivity index (χ4v) is 1.91. The molecule has 2 rings (SSSR count). The average molecular weight is 262 g/mol. The zero-order chi connectivity index (χ0) is 13.7. The summed E-state index contributed by atoms with van der Waals surface area (Å²) in [5.41, 5.74) is 7.29. The lowest BCUT2D eigenvalue weighted by molar-refractivity contribution is 0.348. The van der Waals surface area contributed by atoms with Gasteiger partial charge in [0, 0.05) is 24.9 Å². The highest BCUT2D eigenvalue weighted by Crippen LogP contribution is 2.29. The summed E-state index contributed by atoms with van der Waals surface area (Å²) in [7, 11) is 3.22. The molecule has 0 fully saturated rings. The van der Waals surface area contributed by atoms with Crippen LogP contribution in [0.25, 0.3) is 0 Å². The molecule has 0 aliphatic carbocycles. The summed E-state index contributed by atoms with van der Waals surface area (Å²) in [6, 6.07) is 1.77. The van der Waals surface area contributed by atoms with E-state index >= 15 is 0 Å². The molecule has 0 saturated carbocycles. The van der Waals surface area contributed by atoms with Gasteiger partial charge < -0.3 is 19.8 Å². The first-order valence-electron chi connectivity index (χ1n) is 6.05. The predicted molar refractivity (Wildman–Crippen MR) is 71.4 cm³/mol. The van der Waals surface area contributed by atoms with Gasteiger partial charge in [-0.25, -0.2) is 4.98 Å². The molecule has 0 aliphatic rings. The number of pyridine rings is 1. The molecule has 0 aromatic carbocycles. The molecule has 0 amide bonds. The zero-order valence-electron chi connectivity index (χ0n) is 11.2. The highest BCUT2D eigenvalue weighted by molar-refractivity contribution is 5.42. The standard InChI is InChI=1S/C13H18N4O2/c1-18-12-4-6-15-11(13(12)19-2)8-17-7-10(3-5-14)16-9-17/h4,6-7,9H,3,5,8,14H2,1-2H3. The van der Waals surface area contributed by atoms with E-state index in [0.29, 0.717) is 24.6 Å². The highest BCUT2D eigenvalue weighted by Gasteiger charge is 2.11. The molecule has 0 radical (unpaired) electrons. The van der Waals surface area contributed by atoms with Crippen LogP contribution >= 0.6 is 0 Å². The molecule has 2 aromatic heterocycles. The van der Waals surface area contributed by atoms with Gasteiger partial charge in [0.15, 0.2) is 11.5 Å². The predicted octanol–water partition coefficient (Wildman–Crippen LogP) is 0.845. The number of hydrogen-bond acceptors (Lipinski definition) is 5. The van der Waals surface area contributed by atoms with Crippen molar-refractivity contribution < 1.29 is 9.47 Å². The molecule has 0 bridgehead atoms. The van der Waals surface area contributed by atoms with Crippen molar-refractivity contribution >= 4 is 0 Å². The number of nitrogens with two attached hydrogens (primary N) is 1. The number of methoxy groups -OCH3 is 2. The van der Waals surface area contributed by atoms with Gasteiger partial charge in [0.25, 0.3) is 0 Å². The van der Waals surface area contributed by atoms with Crippen LogP contribution in [0.15, 0.2) is 24.8 Å². The van der Waals surface area contributed by atoms with Crippen molar-refractivity contribution in [3.63, 3.8) is 0 Å². The Morgan fingerprint density at radius 3 is 2.79 bits per heavy atom. The second kappa shape index (κ2) is 6.19. The summed E-state index contributed by atoms with van der Waals surface area (Å²) >= 11 is 0. The minimum Gasteiger partial charge on any atom is -0.493 e. The second-order valence-electron chi connectivity index (χ2n) is 4.07. The van der Waals surface area contributed by atoms with Crippen molar-refractivity contribution in [3.05, 3.63) is 36.2 Å². The SMILES string of the molecule is COc1ccnc(Cn2cnc(CCN)c2)c1OC. The zero-order valence-corrected chi connectivity index (χ0v) is 11.2. The van der Waals surface area contributed by atoms with E-state index in [9.17, 15) is 0 Å². The molecule has 0 saturated heterocycles. The monoisotopic (exact) mass is 262 g/mol. The van der Waals surface area contributed by atoms with E-state index in [2.05, 4.69) is 9.97 Å². The summed E-state index contributed by atoms with van der Waals surface area (Å²) in [6.07, 6.45) is 6.21. The quantitative estimate of drug-likeness (QED) is 0.835. The molecular weight excluding hydrogens is 244 g/mol. The van der Waals surface area contributed by atoms with Crippen molar-refractivity contribution in [1.82, 2.24) is 14.5 Å². The molecule has 102 valence electrons. The summed E-state index contributed by atoms with van der Waals surface area (Å²) in [6.45, 7) is 1.18. The largest absolute Gasteiger partial charge is 0.493 e. The van der Waals surface area contributed by atoms with Crippen LogP contribution in [0.2, 0.25) is 0 Å². The molecule has 2 heterocycles. The maximum atomic E-state index is 5.51. The van der Waals surface area contributed by atoms with Crippen LogP contribution in [-0.2, 0) is 13.0 Å². The molecule has 6 heteroatoms. The average Bonchev–Trinajstić information content (AvgIpc) is 2.86. The van der Waals surface area contributed by atoms with Gasteiger partial charge in [0.2, 0.25) is 0 Å². The topological polar surface area (TPSA) is 75.2 Å². The fourth-order valence-electron chi connectivity index (χ4n) is 1.91. The van der Waals surface area contributed by atoms with Crippen LogP contribution in [0, 0.1) is 0 Å². The van der Waals surface area contributed by atoms with Gasteiger partial charge in [-0.15, -0.1) is 0 Å². The molecule has 0 aliphatic heterocycles. The molecule has 19 heavy (non-hydrogen) atoms. The molecule has 2 aromatic rings. The van der Waals surface area contributed by atoms with Gasteiger partial charge >= 0.3 is 0 Å². The van der Waals surface area contributed by atoms with E-state index in [0.717, 1.165) is 17.8 Å². The summed E-state index contributed by atoms with van der Waals surface area (Å²) in [4.78, 5) is 8.61. The fraction of sp³-hybridized carbons (Fsp3) is 0.385. The Morgan fingerprint density at radius 1 is 1.26 bits per heavy atom. The lowest BCUT2D eigenvalue weighted by atomic mass is 10.3. The third-order valence-electron chi connectivity index (χ3n) is 2.79. The van der Waals surface area contributed by atoms with Gasteiger partial charge in [-0.05, 0) is 6.54 Å². The van der Waals surface area contributed by atoms with Crippen LogP contribution in [0.3, 0.4) is 0 Å². The van der Waals surface area contributed by atoms with E-state index < -0.39 is 0 Å². The maximum Gasteiger partial charge on any atom is 0.184 e. The van der Waals surface area contributed by atoms with Gasteiger partial charge in [-0.3, -0.25) is 4.98 Å². The minimum absolute atomic E-state index is 0.581. The van der Waals surface area contributed by atoms with Crippen LogP contribution in [0.1, 0.15) is 11.4 Å². The molecular formula is C13H18N4O2. The van der Waals surface area contributed by atoms with E-state index in [-0.39, 0.29) is 0 Å². The van der Waals surface area contributed by atoms with E-state index in [1.807, 2.05) is 10.8 Å². The van der Waals surface area contributed by atoms with Crippen molar-refractivity contribution in [2.45, 2.75) is 13.0 Å². The molecule has 2 N–H and O–H groups in total. The Labute approximate surface area is 112 Å². The van der Waals surface area contributed by atoms with E-state index in [4.69, 9.17) is 15.2 Å². The van der Waals surface area contributed by atoms with E-state index in [1.165, 1.54) is 0 Å². The summed E-state index contributed by atoms with van der Waals surface area (Å²) in [5, 5.41) is 0. The maximum absolute atomic E-state index is 5.51. The van der Waals surface area contributed by atoms with Crippen molar-refractivity contribution in [2.75, 3.05) is 20.8 Å². The van der Waals surface area contributed by atoms with E-state index in [1.54, 1.807) is 32.8 Å². The van der Waals surface area contributed by atoms with Gasteiger partial charge in [0.05, 0.1) is 32.8 Å². The third-order valence-corrected chi connectivity index (χ3v) is 2.79. The van der Waals surface area contributed by atoms with Gasteiger partial charge in [0.1, 0.15) is 5.69 Å². The van der Waals surface area contributed by atoms with Crippen LogP contribution in [0.4, 0.5) is 0 Å². The Morgan fingerprint density at radius 2 is 2.11 bits per heavy atom. The normalized spacial score (nSPS) is 10.5. The van der Waals surface area contributed by atoms with Crippen LogP contribution in [0.5, 0.6) is 11.5 Å². The number of ether oxygens (including phenoxy) is 2. The Kier molecular flexibility index (Phi) is 4.35. The first kappa shape index (κ1) is 13.4. The molecule has 0 unspecified atom stereocenters. The first-order valence-corrected chi connectivity index (χ1v) is 6.05. The minimum atomic E-state index is 0.581. The number of rotatable bonds is 6. The lowest BCUT2D eigenvalue weighted by Gasteiger charge is -2.11. The molecule has 0 spiro atoms. The highest BCUT2D eigenvalue weighted by atomic mass is 16.5. The Hall–Kier alpha value is -2.08. The van der Waals surface area contributed by atoms with Crippen molar-refractivity contribution in [3.8, 4) is 11.5 Å². The summed E-state index contributed by atoms with van der Waals surface area (Å²) in [5.74, 6) is 1.33. The smallest absolute Gasteiger partial charge is 0.184 e. The third kappa shape index (κ3) is 3.03. The number of hydrogen-bond donors (Lipinski definition) is 1. The van der Waals surface area contributed by atoms with Crippen LogP contribution < -0.4 is 15.2 Å². The van der Waals surface area contributed by atoms with Crippen molar-refractivity contribution in [1.29, 1.82) is 0 Å². The van der Waals surface area contributed by atoms with Gasteiger partial charge in [-0.2, -0.15) is 0 Å². The Bertz CT molecular complexity index is 539. The van der Waals surface area contributed by atoms with Crippen LogP contribution in [-0.4, -0.2) is 35.3 Å². The first-order chi connectivity index (χ1) is 9.28. The second-order valence-corrected chi connectivity index (χ2v) is 4.07. The number of aromatic nitrogens is 3.